The standard InChI is InChI=1S/C26H40N2O6S/c1-25(2,3)34-24(29)28-15-7-14-26(19-32-16-17-35(30,31)27-26)23(28)18-33-22-12-10-21(11-13-22)20-8-5-4-6-9-20/h4-6,8-9,21-23,27H,7,10-19H2,1-3H3. The Kier molecular flexibility index (Phi) is 8.10. The van der Waals surface area contributed by atoms with Gasteiger partial charge in [-0.1, -0.05) is 30.3 Å². The van der Waals surface area contributed by atoms with Crippen LogP contribution in [0.1, 0.15) is 70.8 Å². The molecule has 1 aliphatic carbocycles. The number of rotatable bonds is 4. The van der Waals surface area contributed by atoms with Crippen LogP contribution in [0.25, 0.3) is 0 Å². The lowest BCUT2D eigenvalue weighted by molar-refractivity contribution is -0.0705. The van der Waals surface area contributed by atoms with Crippen LogP contribution in [0.5, 0.6) is 0 Å². The summed E-state index contributed by atoms with van der Waals surface area (Å²) in [6.45, 7) is 6.58. The third-order valence-electron chi connectivity index (χ3n) is 7.31. The van der Waals surface area contributed by atoms with Gasteiger partial charge in [0.05, 0.1) is 43.3 Å². The first-order valence-corrected chi connectivity index (χ1v) is 14.5. The molecule has 2 atom stereocenters. The minimum Gasteiger partial charge on any atom is -0.444 e. The van der Waals surface area contributed by atoms with Crippen molar-refractivity contribution in [2.75, 3.05) is 32.1 Å². The molecule has 0 bridgehead atoms. The first-order chi connectivity index (χ1) is 16.6. The Morgan fingerprint density at radius 2 is 1.89 bits per heavy atom. The third kappa shape index (κ3) is 6.76. The topological polar surface area (TPSA) is 94.2 Å². The molecule has 1 spiro atoms. The summed E-state index contributed by atoms with van der Waals surface area (Å²) in [5, 5.41) is 0. The van der Waals surface area contributed by atoms with E-state index in [4.69, 9.17) is 14.2 Å². The van der Waals surface area contributed by atoms with E-state index < -0.39 is 33.3 Å². The summed E-state index contributed by atoms with van der Waals surface area (Å²) < 4.78 is 46.2. The molecular weight excluding hydrogens is 468 g/mol. The monoisotopic (exact) mass is 508 g/mol. The van der Waals surface area contributed by atoms with Gasteiger partial charge in [-0.05, 0) is 70.8 Å². The maximum Gasteiger partial charge on any atom is 0.410 e. The number of nitrogens with one attached hydrogen (secondary N) is 1. The number of amides is 1. The van der Waals surface area contributed by atoms with Crippen LogP contribution >= 0.6 is 0 Å². The van der Waals surface area contributed by atoms with Gasteiger partial charge in [-0.2, -0.15) is 0 Å². The van der Waals surface area contributed by atoms with Crippen molar-refractivity contribution < 1.29 is 27.4 Å². The van der Waals surface area contributed by atoms with E-state index >= 15 is 0 Å². The fraction of sp³-hybridized carbons (Fsp3) is 0.731. The molecule has 9 heteroatoms. The second-order valence-corrected chi connectivity index (χ2v) is 13.0. The minimum absolute atomic E-state index is 0.0812. The van der Waals surface area contributed by atoms with Gasteiger partial charge in [0.2, 0.25) is 10.0 Å². The average molecular weight is 509 g/mol. The number of ether oxygens (including phenoxy) is 3. The van der Waals surface area contributed by atoms with Crippen molar-refractivity contribution in [1.29, 1.82) is 0 Å². The smallest absolute Gasteiger partial charge is 0.410 e. The van der Waals surface area contributed by atoms with E-state index in [1.807, 2.05) is 26.8 Å². The Bertz CT molecular complexity index is 956. The number of benzene rings is 1. The van der Waals surface area contributed by atoms with Crippen molar-refractivity contribution in [1.82, 2.24) is 9.62 Å². The van der Waals surface area contributed by atoms with Crippen LogP contribution in [0.3, 0.4) is 0 Å². The summed E-state index contributed by atoms with van der Waals surface area (Å²) in [6, 6.07) is 10.1. The molecule has 2 aliphatic heterocycles. The van der Waals surface area contributed by atoms with Crippen molar-refractivity contribution in [2.45, 2.75) is 88.5 Å². The minimum atomic E-state index is -3.53. The van der Waals surface area contributed by atoms with Crippen molar-refractivity contribution in [3.8, 4) is 0 Å². The van der Waals surface area contributed by atoms with Crippen molar-refractivity contribution >= 4 is 16.1 Å². The molecule has 0 aromatic heterocycles. The Morgan fingerprint density at radius 3 is 2.57 bits per heavy atom. The van der Waals surface area contributed by atoms with E-state index in [2.05, 4.69) is 29.0 Å². The molecular formula is C26H40N2O6S. The number of hydrogen-bond donors (Lipinski definition) is 1. The number of sulfonamides is 1. The van der Waals surface area contributed by atoms with Gasteiger partial charge in [-0.3, -0.25) is 0 Å². The molecule has 35 heavy (non-hydrogen) atoms. The molecule has 2 unspecified atom stereocenters. The maximum absolute atomic E-state index is 13.2. The highest BCUT2D eigenvalue weighted by molar-refractivity contribution is 7.89. The van der Waals surface area contributed by atoms with Gasteiger partial charge >= 0.3 is 6.09 Å². The van der Waals surface area contributed by atoms with Crippen LogP contribution in [0.15, 0.2) is 30.3 Å². The van der Waals surface area contributed by atoms with Gasteiger partial charge in [-0.15, -0.1) is 0 Å². The maximum atomic E-state index is 13.2. The quantitative estimate of drug-likeness (QED) is 0.665. The molecule has 1 aromatic rings. The third-order valence-corrected chi connectivity index (χ3v) is 8.74. The Balaban J connectivity index is 1.48. The van der Waals surface area contributed by atoms with Crippen LogP contribution in [0.2, 0.25) is 0 Å². The number of nitrogens with zero attached hydrogens (tertiary/aromatic N) is 1. The van der Waals surface area contributed by atoms with Crippen LogP contribution in [-0.2, 0) is 24.2 Å². The number of piperidine rings is 1. The highest BCUT2D eigenvalue weighted by Crippen LogP contribution is 2.36. The van der Waals surface area contributed by atoms with E-state index in [-0.39, 0.29) is 31.7 Å². The highest BCUT2D eigenvalue weighted by atomic mass is 32.2. The van der Waals surface area contributed by atoms with Crippen LogP contribution in [-0.4, -0.2) is 74.8 Å². The summed E-state index contributed by atoms with van der Waals surface area (Å²) in [5.41, 5.74) is -0.202. The lowest BCUT2D eigenvalue weighted by atomic mass is 9.81. The molecule has 1 amide bonds. The zero-order valence-electron chi connectivity index (χ0n) is 21.2. The molecule has 2 saturated heterocycles. The predicted molar refractivity (Wildman–Crippen MR) is 134 cm³/mol. The number of hydrogen-bond acceptors (Lipinski definition) is 6. The predicted octanol–water partition coefficient (Wildman–Crippen LogP) is 3.82. The largest absolute Gasteiger partial charge is 0.444 e. The molecule has 2 heterocycles. The van der Waals surface area contributed by atoms with Crippen LogP contribution in [0.4, 0.5) is 4.79 Å². The molecule has 4 rings (SSSR count). The van der Waals surface area contributed by atoms with Crippen molar-refractivity contribution in [3.05, 3.63) is 35.9 Å². The van der Waals surface area contributed by atoms with E-state index in [0.717, 1.165) is 25.7 Å². The molecule has 1 aromatic carbocycles. The van der Waals surface area contributed by atoms with Crippen molar-refractivity contribution in [3.63, 3.8) is 0 Å². The van der Waals surface area contributed by atoms with Gasteiger partial charge in [-0.25, -0.2) is 17.9 Å². The Hall–Kier alpha value is -1.68. The molecule has 3 aliphatic rings. The Morgan fingerprint density at radius 1 is 1.17 bits per heavy atom. The number of likely N-dealkylation sites (tertiary alicyclic amines) is 1. The highest BCUT2D eigenvalue weighted by Gasteiger charge is 2.51. The molecule has 0 radical (unpaired) electrons. The van der Waals surface area contributed by atoms with Gasteiger partial charge in [0.15, 0.2) is 0 Å². The van der Waals surface area contributed by atoms with E-state index in [0.29, 0.717) is 25.3 Å². The first kappa shape index (κ1) is 26.4. The van der Waals surface area contributed by atoms with Gasteiger partial charge in [0, 0.05) is 6.54 Å². The number of carbonyl (C=O) groups is 1. The van der Waals surface area contributed by atoms with Gasteiger partial charge < -0.3 is 19.1 Å². The summed E-state index contributed by atoms with van der Waals surface area (Å²) in [5.74, 6) is 0.454. The van der Waals surface area contributed by atoms with Gasteiger partial charge in [0.25, 0.3) is 0 Å². The molecule has 1 N–H and O–H groups in total. The van der Waals surface area contributed by atoms with E-state index in [1.165, 1.54) is 5.56 Å². The average Bonchev–Trinajstić information content (AvgIpc) is 2.95. The zero-order chi connectivity index (χ0) is 25.1. The molecule has 3 fully saturated rings. The van der Waals surface area contributed by atoms with Gasteiger partial charge in [0.1, 0.15) is 5.60 Å². The van der Waals surface area contributed by atoms with E-state index in [9.17, 15) is 13.2 Å². The second kappa shape index (κ2) is 10.7. The molecule has 196 valence electrons. The lowest BCUT2D eigenvalue weighted by Crippen LogP contribution is -2.69. The zero-order valence-corrected chi connectivity index (χ0v) is 22.0. The fourth-order valence-electron chi connectivity index (χ4n) is 5.59. The Labute approximate surface area is 209 Å². The van der Waals surface area contributed by atoms with Crippen LogP contribution in [0, 0.1) is 0 Å². The molecule has 8 nitrogen and oxygen atoms in total. The van der Waals surface area contributed by atoms with E-state index in [1.54, 1.807) is 4.90 Å². The summed E-state index contributed by atoms with van der Waals surface area (Å²) in [6.07, 6.45) is 4.86. The van der Waals surface area contributed by atoms with Crippen LogP contribution < -0.4 is 4.72 Å². The first-order valence-electron chi connectivity index (χ1n) is 12.8. The summed E-state index contributed by atoms with van der Waals surface area (Å²) in [7, 11) is -3.53. The fourth-order valence-corrected chi connectivity index (χ4v) is 6.95. The summed E-state index contributed by atoms with van der Waals surface area (Å²) >= 11 is 0. The normalized spacial score (nSPS) is 31.6. The summed E-state index contributed by atoms with van der Waals surface area (Å²) in [4.78, 5) is 14.8. The number of carbonyl (C=O) groups excluding carboxylic acids is 1. The molecule has 1 saturated carbocycles. The SMILES string of the molecule is CC(C)(C)OC(=O)N1CCCC2(COCCS(=O)(=O)N2)C1COC1CCC(c2ccccc2)CC1. The lowest BCUT2D eigenvalue weighted by Gasteiger charge is -2.49. The second-order valence-electron chi connectivity index (χ2n) is 11.1. The van der Waals surface area contributed by atoms with Crippen molar-refractivity contribution in [2.24, 2.45) is 0 Å².